The van der Waals surface area contributed by atoms with Crippen LogP contribution in [-0.4, -0.2) is 19.1 Å². The van der Waals surface area contributed by atoms with Gasteiger partial charge >= 0.3 is 0 Å². The molecule has 0 atom stereocenters. The second-order valence-electron chi connectivity index (χ2n) is 2.31. The van der Waals surface area contributed by atoms with E-state index < -0.39 is 0 Å². The molecule has 0 fully saturated rings. The van der Waals surface area contributed by atoms with Gasteiger partial charge in [-0.25, -0.2) is 4.98 Å². The predicted octanol–water partition coefficient (Wildman–Crippen LogP) is 1.46. The molecule has 0 amide bonds. The number of pyridine rings is 1. The average Bonchev–Trinajstić information content (AvgIpc) is 2.09. The van der Waals surface area contributed by atoms with E-state index in [0.29, 0.717) is 17.4 Å². The monoisotopic (exact) mass is 186 g/mol. The number of hydrogen-bond acceptors (Lipinski definition) is 3. The molecular formula is C8H11ClN2O. The first kappa shape index (κ1) is 9.29. The molecule has 66 valence electrons. The zero-order valence-electron chi connectivity index (χ0n) is 7.10. The zero-order chi connectivity index (χ0) is 8.97. The normalized spacial score (nSPS) is 9.92. The number of ether oxygens (including phenoxy) is 1. The van der Waals surface area contributed by atoms with E-state index in [9.17, 15) is 0 Å². The third-order valence-electron chi connectivity index (χ3n) is 1.45. The molecule has 4 heteroatoms. The van der Waals surface area contributed by atoms with Crippen molar-refractivity contribution in [2.75, 3.05) is 14.2 Å². The van der Waals surface area contributed by atoms with Crippen LogP contribution >= 0.6 is 11.6 Å². The smallest absolute Gasteiger partial charge is 0.213 e. The molecule has 0 aliphatic rings. The predicted molar refractivity (Wildman–Crippen MR) is 48.6 cm³/mol. The molecule has 1 aromatic heterocycles. The fourth-order valence-corrected chi connectivity index (χ4v) is 1.04. The quantitative estimate of drug-likeness (QED) is 0.776. The van der Waals surface area contributed by atoms with E-state index in [2.05, 4.69) is 10.3 Å². The van der Waals surface area contributed by atoms with Gasteiger partial charge in [-0.2, -0.15) is 0 Å². The minimum Gasteiger partial charge on any atom is -0.481 e. The highest BCUT2D eigenvalue weighted by molar-refractivity contribution is 6.31. The molecule has 0 saturated carbocycles. The van der Waals surface area contributed by atoms with Gasteiger partial charge in [-0.1, -0.05) is 11.6 Å². The summed E-state index contributed by atoms with van der Waals surface area (Å²) in [6.07, 6.45) is 0. The fraction of sp³-hybridized carbons (Fsp3) is 0.375. The lowest BCUT2D eigenvalue weighted by Gasteiger charge is -2.04. The number of rotatable bonds is 3. The standard InChI is InChI=1S/C8H11ClN2O/c1-10-5-7-6(9)3-4-8(11-7)12-2/h3-4,10H,5H2,1-2H3. The van der Waals surface area contributed by atoms with E-state index in [1.54, 1.807) is 19.2 Å². The molecule has 0 bridgehead atoms. The first-order valence-electron chi connectivity index (χ1n) is 3.62. The van der Waals surface area contributed by atoms with Gasteiger partial charge in [-0.3, -0.25) is 0 Å². The third-order valence-corrected chi connectivity index (χ3v) is 1.79. The summed E-state index contributed by atoms with van der Waals surface area (Å²) in [6.45, 7) is 0.649. The van der Waals surface area contributed by atoms with Crippen LogP contribution < -0.4 is 10.1 Å². The maximum absolute atomic E-state index is 5.87. The van der Waals surface area contributed by atoms with Crippen LogP contribution in [0.4, 0.5) is 0 Å². The van der Waals surface area contributed by atoms with E-state index >= 15 is 0 Å². The molecule has 0 saturated heterocycles. The van der Waals surface area contributed by atoms with Crippen molar-refractivity contribution in [3.8, 4) is 5.88 Å². The van der Waals surface area contributed by atoms with Crippen molar-refractivity contribution in [1.82, 2.24) is 10.3 Å². The van der Waals surface area contributed by atoms with Crippen molar-refractivity contribution in [1.29, 1.82) is 0 Å². The second-order valence-corrected chi connectivity index (χ2v) is 2.72. The molecule has 3 nitrogen and oxygen atoms in total. The molecule has 1 heterocycles. The molecule has 0 aliphatic carbocycles. The second kappa shape index (κ2) is 4.28. The van der Waals surface area contributed by atoms with Crippen molar-refractivity contribution in [2.45, 2.75) is 6.54 Å². The zero-order valence-corrected chi connectivity index (χ0v) is 7.85. The SMILES string of the molecule is CNCc1nc(OC)ccc1Cl. The average molecular weight is 187 g/mol. The Morgan fingerprint density at radius 2 is 2.33 bits per heavy atom. The number of nitrogens with zero attached hydrogens (tertiary/aromatic N) is 1. The summed E-state index contributed by atoms with van der Waals surface area (Å²) >= 11 is 5.87. The van der Waals surface area contributed by atoms with Gasteiger partial charge < -0.3 is 10.1 Å². The molecule has 0 aliphatic heterocycles. The van der Waals surface area contributed by atoms with Gasteiger partial charge in [0.05, 0.1) is 17.8 Å². The van der Waals surface area contributed by atoms with Crippen LogP contribution in [-0.2, 0) is 6.54 Å². The van der Waals surface area contributed by atoms with Gasteiger partial charge in [0.1, 0.15) is 0 Å². The largest absolute Gasteiger partial charge is 0.481 e. The van der Waals surface area contributed by atoms with Crippen LogP contribution in [0.3, 0.4) is 0 Å². The van der Waals surface area contributed by atoms with Gasteiger partial charge in [0.15, 0.2) is 0 Å². The summed E-state index contributed by atoms with van der Waals surface area (Å²) in [5, 5.41) is 3.63. The molecule has 0 radical (unpaired) electrons. The highest BCUT2D eigenvalue weighted by atomic mass is 35.5. The van der Waals surface area contributed by atoms with Crippen LogP contribution in [0.15, 0.2) is 12.1 Å². The Morgan fingerprint density at radius 3 is 2.92 bits per heavy atom. The molecule has 12 heavy (non-hydrogen) atoms. The molecule has 0 unspecified atom stereocenters. The highest BCUT2D eigenvalue weighted by Gasteiger charge is 2.02. The summed E-state index contributed by atoms with van der Waals surface area (Å²) in [7, 11) is 3.43. The fourth-order valence-electron chi connectivity index (χ4n) is 0.869. The summed E-state index contributed by atoms with van der Waals surface area (Å²) in [5.74, 6) is 0.588. The lowest BCUT2D eigenvalue weighted by Crippen LogP contribution is -2.07. The maximum Gasteiger partial charge on any atom is 0.213 e. The van der Waals surface area contributed by atoms with Crippen molar-refractivity contribution in [3.63, 3.8) is 0 Å². The number of aromatic nitrogens is 1. The molecule has 0 spiro atoms. The molecule has 1 rings (SSSR count). The molecule has 1 aromatic rings. The highest BCUT2D eigenvalue weighted by Crippen LogP contribution is 2.17. The van der Waals surface area contributed by atoms with E-state index in [-0.39, 0.29) is 0 Å². The van der Waals surface area contributed by atoms with Gasteiger partial charge in [-0.05, 0) is 13.1 Å². The van der Waals surface area contributed by atoms with Crippen molar-refractivity contribution >= 4 is 11.6 Å². The molecular weight excluding hydrogens is 176 g/mol. The maximum atomic E-state index is 5.87. The van der Waals surface area contributed by atoms with E-state index in [1.165, 1.54) is 0 Å². The van der Waals surface area contributed by atoms with Crippen LogP contribution in [0.1, 0.15) is 5.69 Å². The number of methoxy groups -OCH3 is 1. The summed E-state index contributed by atoms with van der Waals surface area (Å²) < 4.78 is 4.96. The van der Waals surface area contributed by atoms with Crippen molar-refractivity contribution in [3.05, 3.63) is 22.8 Å². The first-order chi connectivity index (χ1) is 5.77. The first-order valence-corrected chi connectivity index (χ1v) is 3.99. The molecule has 0 aromatic carbocycles. The Morgan fingerprint density at radius 1 is 1.58 bits per heavy atom. The number of halogens is 1. The Kier molecular flexibility index (Phi) is 3.31. The number of hydrogen-bond donors (Lipinski definition) is 1. The Balaban J connectivity index is 2.91. The summed E-state index contributed by atoms with van der Waals surface area (Å²) in [6, 6.07) is 3.52. The Bertz CT molecular complexity index is 265. The van der Waals surface area contributed by atoms with Gasteiger partial charge in [0.25, 0.3) is 0 Å². The van der Waals surface area contributed by atoms with Crippen LogP contribution in [0, 0.1) is 0 Å². The Hall–Kier alpha value is -0.800. The minimum absolute atomic E-state index is 0.588. The van der Waals surface area contributed by atoms with E-state index in [4.69, 9.17) is 16.3 Å². The third kappa shape index (κ3) is 2.09. The summed E-state index contributed by atoms with van der Waals surface area (Å²) in [4.78, 5) is 4.16. The lowest BCUT2D eigenvalue weighted by atomic mass is 10.3. The Labute approximate surface area is 76.7 Å². The van der Waals surface area contributed by atoms with Crippen LogP contribution in [0.2, 0.25) is 5.02 Å². The molecule has 1 N–H and O–H groups in total. The van der Waals surface area contributed by atoms with Gasteiger partial charge in [-0.15, -0.1) is 0 Å². The van der Waals surface area contributed by atoms with Crippen molar-refractivity contribution < 1.29 is 4.74 Å². The minimum atomic E-state index is 0.588. The van der Waals surface area contributed by atoms with Gasteiger partial charge in [0, 0.05) is 12.6 Å². The van der Waals surface area contributed by atoms with Gasteiger partial charge in [0.2, 0.25) is 5.88 Å². The summed E-state index contributed by atoms with van der Waals surface area (Å²) in [5.41, 5.74) is 0.804. The lowest BCUT2D eigenvalue weighted by molar-refractivity contribution is 0.396. The van der Waals surface area contributed by atoms with E-state index in [0.717, 1.165) is 5.69 Å². The van der Waals surface area contributed by atoms with E-state index in [1.807, 2.05) is 7.05 Å². The number of nitrogens with one attached hydrogen (secondary N) is 1. The topological polar surface area (TPSA) is 34.2 Å². The van der Waals surface area contributed by atoms with Crippen molar-refractivity contribution in [2.24, 2.45) is 0 Å². The van der Waals surface area contributed by atoms with Crippen LogP contribution in [0.5, 0.6) is 5.88 Å². The van der Waals surface area contributed by atoms with Crippen LogP contribution in [0.25, 0.3) is 0 Å².